The highest BCUT2D eigenvalue weighted by Crippen LogP contribution is 2.48. The van der Waals surface area contributed by atoms with Gasteiger partial charge in [-0.2, -0.15) is 0 Å². The highest BCUT2D eigenvalue weighted by Gasteiger charge is 2.44. The summed E-state index contributed by atoms with van der Waals surface area (Å²) in [5, 5.41) is 6.36. The van der Waals surface area contributed by atoms with Gasteiger partial charge in [-0.3, -0.25) is 9.59 Å². The Morgan fingerprint density at radius 1 is 0.939 bits per heavy atom. The average Bonchev–Trinajstić information content (AvgIpc) is 3.56. The Hall–Kier alpha value is -2.93. The summed E-state index contributed by atoms with van der Waals surface area (Å²) in [7, 11) is 4.15. The summed E-state index contributed by atoms with van der Waals surface area (Å²) in [5.41, 5.74) is 2.53. The lowest BCUT2D eigenvalue weighted by Gasteiger charge is -2.20. The van der Waals surface area contributed by atoms with Crippen molar-refractivity contribution < 1.29 is 9.59 Å². The Morgan fingerprint density at radius 3 is 2.24 bits per heavy atom. The number of hydrogen-bond acceptors (Lipinski definition) is 4. The lowest BCUT2D eigenvalue weighted by atomic mass is 9.94. The molecule has 0 aliphatic heterocycles. The summed E-state index contributed by atoms with van der Waals surface area (Å²) < 4.78 is 0. The molecule has 2 aromatic carbocycles. The molecule has 2 N–H and O–H groups in total. The van der Waals surface area contributed by atoms with Gasteiger partial charge in [-0.1, -0.05) is 35.3 Å². The maximum absolute atomic E-state index is 12.9. The number of hydrogen-bond donors (Lipinski definition) is 2. The summed E-state index contributed by atoms with van der Waals surface area (Å²) in [6, 6.07) is 15.6. The molecule has 6 nitrogen and oxygen atoms in total. The molecule has 33 heavy (non-hydrogen) atoms. The Kier molecular flexibility index (Phi) is 6.70. The summed E-state index contributed by atoms with van der Waals surface area (Å²) in [6.07, 6.45) is 3.75. The minimum absolute atomic E-state index is 0.190. The Morgan fingerprint density at radius 2 is 1.64 bits per heavy atom. The molecule has 0 radical (unpaired) electrons. The molecule has 1 aliphatic carbocycles. The predicted octanol–water partition coefficient (Wildman–Crippen LogP) is 5.49. The summed E-state index contributed by atoms with van der Waals surface area (Å²) >= 11 is 12.0. The topological polar surface area (TPSA) is 74.3 Å². The van der Waals surface area contributed by atoms with Crippen molar-refractivity contribution in [1.29, 1.82) is 0 Å². The Labute approximate surface area is 202 Å². The quantitative estimate of drug-likeness (QED) is 0.467. The van der Waals surface area contributed by atoms with E-state index in [1.165, 1.54) is 17.8 Å². The molecule has 1 heterocycles. The lowest BCUT2D eigenvalue weighted by Crippen LogP contribution is -2.26. The number of nitrogens with one attached hydrogen (secondary N) is 2. The monoisotopic (exact) mass is 482 g/mol. The zero-order chi connectivity index (χ0) is 23.6. The minimum Gasteiger partial charge on any atom is -0.321 e. The standard InChI is InChI=1S/C25H24Cl2N4O2/c1-31(2)15-25(11-12-25)17-5-3-16(4-6-17)23(32)29-21-9-7-18(26)13-20(21)24(33)30-22-10-8-19(27)14-28-22/h3-10,13-14H,11-12,15H2,1-2H3,(H,29,32)(H,28,30,33). The van der Waals surface area contributed by atoms with Crippen molar-refractivity contribution in [3.8, 4) is 0 Å². The van der Waals surface area contributed by atoms with Crippen LogP contribution < -0.4 is 10.6 Å². The second-order valence-electron chi connectivity index (χ2n) is 8.56. The van der Waals surface area contributed by atoms with Crippen LogP contribution in [-0.2, 0) is 5.41 Å². The van der Waals surface area contributed by atoms with E-state index in [0.29, 0.717) is 27.1 Å². The van der Waals surface area contributed by atoms with E-state index in [0.717, 1.165) is 19.4 Å². The van der Waals surface area contributed by atoms with Crippen LogP contribution >= 0.6 is 23.2 Å². The first kappa shape index (κ1) is 23.2. The molecule has 0 spiro atoms. The van der Waals surface area contributed by atoms with Crippen molar-refractivity contribution in [3.63, 3.8) is 0 Å². The minimum atomic E-state index is -0.447. The van der Waals surface area contributed by atoms with E-state index >= 15 is 0 Å². The smallest absolute Gasteiger partial charge is 0.258 e. The number of pyridine rings is 1. The van der Waals surface area contributed by atoms with Gasteiger partial charge < -0.3 is 15.5 Å². The average molecular weight is 483 g/mol. The van der Waals surface area contributed by atoms with Crippen molar-refractivity contribution >= 4 is 46.5 Å². The molecule has 0 saturated heterocycles. The molecular formula is C25H24Cl2N4O2. The van der Waals surface area contributed by atoms with E-state index in [1.807, 2.05) is 24.3 Å². The van der Waals surface area contributed by atoms with Crippen LogP contribution in [-0.4, -0.2) is 42.3 Å². The summed E-state index contributed by atoms with van der Waals surface area (Å²) in [6.45, 7) is 0.990. The number of nitrogens with zero attached hydrogens (tertiary/aromatic N) is 2. The van der Waals surface area contributed by atoms with Crippen LogP contribution in [0.25, 0.3) is 0 Å². The van der Waals surface area contributed by atoms with Crippen LogP contribution in [0.3, 0.4) is 0 Å². The van der Waals surface area contributed by atoms with Crippen LogP contribution in [0, 0.1) is 0 Å². The van der Waals surface area contributed by atoms with Gasteiger partial charge in [-0.15, -0.1) is 0 Å². The molecule has 0 bridgehead atoms. The molecular weight excluding hydrogens is 459 g/mol. The van der Waals surface area contributed by atoms with Crippen LogP contribution in [0.1, 0.15) is 39.1 Å². The van der Waals surface area contributed by atoms with Gasteiger partial charge in [0.2, 0.25) is 0 Å². The van der Waals surface area contributed by atoms with Gasteiger partial charge in [0.05, 0.1) is 16.3 Å². The molecule has 8 heteroatoms. The third kappa shape index (κ3) is 5.53. The van der Waals surface area contributed by atoms with Crippen molar-refractivity contribution in [2.24, 2.45) is 0 Å². The number of carbonyl (C=O) groups is 2. The van der Waals surface area contributed by atoms with Crippen molar-refractivity contribution in [2.45, 2.75) is 18.3 Å². The first-order valence-electron chi connectivity index (χ1n) is 10.5. The van der Waals surface area contributed by atoms with Gasteiger partial charge in [-0.05, 0) is 75.0 Å². The third-order valence-corrected chi connectivity index (χ3v) is 6.13. The fourth-order valence-electron chi connectivity index (χ4n) is 3.91. The number of amides is 2. The SMILES string of the molecule is CN(C)CC1(c2ccc(C(=O)Nc3ccc(Cl)cc3C(=O)Nc3ccc(Cl)cn3)cc2)CC1. The lowest BCUT2D eigenvalue weighted by molar-refractivity contribution is 0.102. The van der Waals surface area contributed by atoms with Gasteiger partial charge >= 0.3 is 0 Å². The molecule has 4 rings (SSSR count). The predicted molar refractivity (Wildman–Crippen MR) is 133 cm³/mol. The maximum Gasteiger partial charge on any atom is 0.258 e. The van der Waals surface area contributed by atoms with E-state index in [9.17, 15) is 9.59 Å². The van der Waals surface area contributed by atoms with E-state index in [1.54, 1.807) is 24.3 Å². The highest BCUT2D eigenvalue weighted by atomic mass is 35.5. The number of rotatable bonds is 7. The van der Waals surface area contributed by atoms with Crippen molar-refractivity contribution in [2.75, 3.05) is 31.3 Å². The van der Waals surface area contributed by atoms with Crippen molar-refractivity contribution in [1.82, 2.24) is 9.88 Å². The first-order valence-corrected chi connectivity index (χ1v) is 11.3. The van der Waals surface area contributed by atoms with E-state index in [-0.39, 0.29) is 16.9 Å². The van der Waals surface area contributed by atoms with Gasteiger partial charge in [0.1, 0.15) is 5.82 Å². The molecule has 0 atom stereocenters. The second-order valence-corrected chi connectivity index (χ2v) is 9.43. The molecule has 2 amide bonds. The molecule has 170 valence electrons. The number of carbonyl (C=O) groups excluding carboxylic acids is 2. The Balaban J connectivity index is 1.50. The second kappa shape index (κ2) is 9.51. The fraction of sp³-hybridized carbons (Fsp3) is 0.240. The summed E-state index contributed by atoms with van der Waals surface area (Å²) in [4.78, 5) is 32.0. The number of anilines is 2. The first-order chi connectivity index (χ1) is 15.8. The number of aromatic nitrogens is 1. The van der Waals surface area contributed by atoms with Crippen molar-refractivity contribution in [3.05, 3.63) is 87.5 Å². The van der Waals surface area contributed by atoms with Crippen LogP contribution in [0.5, 0.6) is 0 Å². The van der Waals surface area contributed by atoms with Gasteiger partial charge in [0.25, 0.3) is 11.8 Å². The zero-order valence-corrected chi connectivity index (χ0v) is 19.9. The molecule has 0 unspecified atom stereocenters. The fourth-order valence-corrected chi connectivity index (χ4v) is 4.19. The highest BCUT2D eigenvalue weighted by molar-refractivity contribution is 6.31. The molecule has 1 fully saturated rings. The summed E-state index contributed by atoms with van der Waals surface area (Å²) in [5.74, 6) is -0.415. The van der Waals surface area contributed by atoms with Gasteiger partial charge in [-0.25, -0.2) is 4.98 Å². The van der Waals surface area contributed by atoms with Gasteiger partial charge in [0, 0.05) is 28.7 Å². The number of likely N-dealkylation sites (N-methyl/N-ethyl adjacent to an activating group) is 1. The third-order valence-electron chi connectivity index (χ3n) is 5.68. The van der Waals surface area contributed by atoms with Crippen LogP contribution in [0.15, 0.2) is 60.8 Å². The van der Waals surface area contributed by atoms with E-state index in [4.69, 9.17) is 23.2 Å². The molecule has 3 aromatic rings. The van der Waals surface area contributed by atoms with Crippen LogP contribution in [0.4, 0.5) is 11.5 Å². The van der Waals surface area contributed by atoms with Gasteiger partial charge in [0.15, 0.2) is 0 Å². The van der Waals surface area contributed by atoms with E-state index in [2.05, 4.69) is 34.6 Å². The number of halogens is 2. The van der Waals surface area contributed by atoms with Crippen LogP contribution in [0.2, 0.25) is 10.0 Å². The molecule has 1 aromatic heterocycles. The molecule has 1 aliphatic rings. The number of benzene rings is 2. The van der Waals surface area contributed by atoms with E-state index < -0.39 is 5.91 Å². The Bertz CT molecular complexity index is 1170. The largest absolute Gasteiger partial charge is 0.321 e. The normalized spacial score (nSPS) is 14.1. The maximum atomic E-state index is 12.9. The molecule has 1 saturated carbocycles. The zero-order valence-electron chi connectivity index (χ0n) is 18.4.